The van der Waals surface area contributed by atoms with Gasteiger partial charge < -0.3 is 15.4 Å². The van der Waals surface area contributed by atoms with E-state index in [2.05, 4.69) is 15.7 Å². The van der Waals surface area contributed by atoms with Crippen LogP contribution in [0.15, 0.2) is 84.9 Å². The van der Waals surface area contributed by atoms with Gasteiger partial charge in [0.05, 0.1) is 11.6 Å². The number of rotatable bonds is 7. The van der Waals surface area contributed by atoms with Crippen LogP contribution in [0.25, 0.3) is 11.3 Å². The third-order valence-corrected chi connectivity index (χ3v) is 7.71. The van der Waals surface area contributed by atoms with Gasteiger partial charge >= 0.3 is 5.97 Å². The number of aryl methyl sites for hydroxylation is 1. The third kappa shape index (κ3) is 7.38. The summed E-state index contributed by atoms with van der Waals surface area (Å²) in [4.78, 5) is 38.5. The summed E-state index contributed by atoms with van der Waals surface area (Å²) in [5.41, 5.74) is 3.98. The predicted molar refractivity (Wildman–Crippen MR) is 168 cm³/mol. The van der Waals surface area contributed by atoms with Crippen LogP contribution in [0.4, 0.5) is 11.5 Å². The molecule has 1 saturated carbocycles. The highest BCUT2D eigenvalue weighted by Gasteiger charge is 2.31. The first-order chi connectivity index (χ1) is 20.6. The molecule has 0 bridgehead atoms. The zero-order valence-electron chi connectivity index (χ0n) is 25.1. The van der Waals surface area contributed by atoms with Crippen LogP contribution in [0.1, 0.15) is 78.7 Å². The lowest BCUT2D eigenvalue weighted by Crippen LogP contribution is -2.31. The maximum Gasteiger partial charge on any atom is 0.309 e. The number of nitrogens with zero attached hydrogens (tertiary/aromatic N) is 2. The highest BCUT2D eigenvalue weighted by Crippen LogP contribution is 2.38. The monoisotopic (exact) mass is 578 g/mol. The molecule has 8 heteroatoms. The number of esters is 1. The molecule has 1 heterocycles. The molecule has 2 N–H and O–H groups in total. The molecule has 0 unspecified atom stereocenters. The van der Waals surface area contributed by atoms with Crippen LogP contribution in [-0.4, -0.2) is 33.2 Å². The molecule has 1 aliphatic rings. The second-order valence-corrected chi connectivity index (χ2v) is 12.1. The normalized spacial score (nSPS) is 16.7. The van der Waals surface area contributed by atoms with E-state index in [1.165, 1.54) is 0 Å². The van der Waals surface area contributed by atoms with E-state index in [1.54, 1.807) is 23.9 Å². The van der Waals surface area contributed by atoms with Crippen molar-refractivity contribution in [1.82, 2.24) is 9.78 Å². The first-order valence-corrected chi connectivity index (χ1v) is 14.7. The Hall–Kier alpha value is -4.72. The minimum absolute atomic E-state index is 0.0923. The number of amides is 2. The Morgan fingerprint density at radius 1 is 0.814 bits per heavy atom. The fourth-order valence-corrected chi connectivity index (χ4v) is 5.51. The molecule has 8 nitrogen and oxygen atoms in total. The number of hydrogen-bond donors (Lipinski definition) is 2. The lowest BCUT2D eigenvalue weighted by Gasteiger charge is -2.30. The molecule has 0 spiro atoms. The quantitative estimate of drug-likeness (QED) is 0.226. The summed E-state index contributed by atoms with van der Waals surface area (Å²) < 4.78 is 7.23. The van der Waals surface area contributed by atoms with Gasteiger partial charge in [0.2, 0.25) is 0 Å². The number of benzene rings is 3. The molecule has 0 radical (unpaired) electrons. The second-order valence-electron chi connectivity index (χ2n) is 12.1. The van der Waals surface area contributed by atoms with Crippen molar-refractivity contribution in [3.63, 3.8) is 0 Å². The Kier molecular flexibility index (Phi) is 8.76. The summed E-state index contributed by atoms with van der Waals surface area (Å²) in [6, 6.07) is 26.0. The number of hydrogen-bond acceptors (Lipinski definition) is 5. The van der Waals surface area contributed by atoms with Gasteiger partial charge in [-0.2, -0.15) is 5.10 Å². The van der Waals surface area contributed by atoms with E-state index in [1.807, 2.05) is 93.6 Å². The van der Waals surface area contributed by atoms with Crippen molar-refractivity contribution in [3.8, 4) is 11.3 Å². The average molecular weight is 579 g/mol. The Bertz CT molecular complexity index is 1600. The zero-order chi connectivity index (χ0) is 30.6. The number of carbonyl (C=O) groups is 3. The Morgan fingerprint density at radius 3 is 2.14 bits per heavy atom. The van der Waals surface area contributed by atoms with E-state index in [-0.39, 0.29) is 29.6 Å². The van der Waals surface area contributed by atoms with Gasteiger partial charge in [0.1, 0.15) is 11.4 Å². The number of aromatic nitrogens is 2. The summed E-state index contributed by atoms with van der Waals surface area (Å²) in [6.07, 6.45) is 3.17. The van der Waals surface area contributed by atoms with Crippen LogP contribution in [0.5, 0.6) is 0 Å². The fourth-order valence-electron chi connectivity index (χ4n) is 5.51. The molecule has 0 saturated heterocycles. The van der Waals surface area contributed by atoms with Crippen LogP contribution in [0.2, 0.25) is 0 Å². The van der Waals surface area contributed by atoms with Gasteiger partial charge in [-0.3, -0.25) is 19.1 Å². The summed E-state index contributed by atoms with van der Waals surface area (Å²) >= 11 is 0. The number of nitrogens with one attached hydrogen (secondary N) is 2. The number of carbonyl (C=O) groups excluding carboxylic acids is 3. The van der Waals surface area contributed by atoms with E-state index >= 15 is 0 Å². The largest absolute Gasteiger partial charge is 0.460 e. The molecule has 0 atom stereocenters. The minimum Gasteiger partial charge on any atom is -0.460 e. The lowest BCUT2D eigenvalue weighted by atomic mass is 9.77. The number of anilines is 2. The van der Waals surface area contributed by atoms with Gasteiger partial charge in [0, 0.05) is 35.5 Å². The van der Waals surface area contributed by atoms with Gasteiger partial charge in [-0.15, -0.1) is 0 Å². The summed E-state index contributed by atoms with van der Waals surface area (Å²) in [6.45, 7) is 5.67. The van der Waals surface area contributed by atoms with Gasteiger partial charge in [0.25, 0.3) is 11.8 Å². The van der Waals surface area contributed by atoms with Crippen LogP contribution in [0, 0.1) is 5.92 Å². The van der Waals surface area contributed by atoms with Crippen molar-refractivity contribution in [2.45, 2.75) is 58.0 Å². The highest BCUT2D eigenvalue weighted by atomic mass is 16.6. The molecule has 222 valence electrons. The predicted octanol–water partition coefficient (Wildman–Crippen LogP) is 7.21. The van der Waals surface area contributed by atoms with E-state index in [9.17, 15) is 14.4 Å². The van der Waals surface area contributed by atoms with Gasteiger partial charge in [0.15, 0.2) is 0 Å². The Balaban J connectivity index is 1.22. The van der Waals surface area contributed by atoms with Crippen LogP contribution >= 0.6 is 0 Å². The Labute approximate surface area is 252 Å². The van der Waals surface area contributed by atoms with Crippen LogP contribution < -0.4 is 10.6 Å². The van der Waals surface area contributed by atoms with Gasteiger partial charge in [-0.05, 0) is 88.3 Å². The zero-order valence-corrected chi connectivity index (χ0v) is 25.1. The van der Waals surface area contributed by atoms with Crippen molar-refractivity contribution >= 4 is 29.3 Å². The van der Waals surface area contributed by atoms with Crippen molar-refractivity contribution in [3.05, 3.63) is 102 Å². The third-order valence-electron chi connectivity index (χ3n) is 7.71. The van der Waals surface area contributed by atoms with E-state index in [0.717, 1.165) is 36.8 Å². The topological polar surface area (TPSA) is 102 Å². The first-order valence-electron chi connectivity index (χ1n) is 14.7. The fraction of sp³-hybridized carbons (Fsp3) is 0.314. The Morgan fingerprint density at radius 2 is 1.47 bits per heavy atom. The standard InChI is InChI=1S/C35H38N4O4/c1-35(2,3)43-34(42)26-16-14-23(15-17-26)28-12-8-9-13-29(28)33(41)36-27-20-18-24(19-21-27)30-22-31(39(4)38-30)37-32(40)25-10-6-5-7-11-25/h5-13,18-23,26H,14-17H2,1-4H3,(H,36,41)(H,37,40). The summed E-state index contributed by atoms with van der Waals surface area (Å²) in [7, 11) is 1.78. The summed E-state index contributed by atoms with van der Waals surface area (Å²) in [5.74, 6) is 0.206. The molecule has 5 rings (SSSR count). The van der Waals surface area contributed by atoms with Crippen LogP contribution in [0.3, 0.4) is 0 Å². The maximum absolute atomic E-state index is 13.4. The molecule has 3 aromatic carbocycles. The van der Waals surface area contributed by atoms with Gasteiger partial charge in [-0.25, -0.2) is 0 Å². The van der Waals surface area contributed by atoms with Crippen LogP contribution in [-0.2, 0) is 16.6 Å². The van der Waals surface area contributed by atoms with E-state index in [4.69, 9.17) is 4.74 Å². The SMILES string of the molecule is Cn1nc(-c2ccc(NC(=O)c3ccccc3C3CCC(C(=O)OC(C)(C)C)CC3)cc2)cc1NC(=O)c1ccccc1. The van der Waals surface area contributed by atoms with Crippen molar-refractivity contribution in [2.75, 3.05) is 10.6 Å². The molecule has 1 fully saturated rings. The lowest BCUT2D eigenvalue weighted by molar-refractivity contribution is -0.161. The van der Waals surface area contributed by atoms with E-state index in [0.29, 0.717) is 28.3 Å². The molecule has 0 aliphatic heterocycles. The number of ether oxygens (including phenoxy) is 1. The molecule has 1 aromatic heterocycles. The molecule has 1 aliphatic carbocycles. The molecule has 4 aromatic rings. The summed E-state index contributed by atoms with van der Waals surface area (Å²) in [5, 5.41) is 10.5. The average Bonchev–Trinajstić information content (AvgIpc) is 3.36. The highest BCUT2D eigenvalue weighted by molar-refractivity contribution is 6.05. The molecular formula is C35H38N4O4. The van der Waals surface area contributed by atoms with E-state index < -0.39 is 5.60 Å². The minimum atomic E-state index is -0.489. The molecular weight excluding hydrogens is 540 g/mol. The van der Waals surface area contributed by atoms with Crippen molar-refractivity contribution in [1.29, 1.82) is 0 Å². The van der Waals surface area contributed by atoms with Crippen molar-refractivity contribution < 1.29 is 19.1 Å². The molecule has 43 heavy (non-hydrogen) atoms. The second kappa shape index (κ2) is 12.7. The first kappa shape index (κ1) is 29.8. The van der Waals surface area contributed by atoms with Gasteiger partial charge in [-0.1, -0.05) is 48.5 Å². The smallest absolute Gasteiger partial charge is 0.309 e. The molecule has 2 amide bonds. The maximum atomic E-state index is 13.4. The van der Waals surface area contributed by atoms with Crippen molar-refractivity contribution in [2.24, 2.45) is 13.0 Å².